The van der Waals surface area contributed by atoms with Gasteiger partial charge < -0.3 is 15.6 Å². The molecule has 0 bridgehead atoms. The van der Waals surface area contributed by atoms with Gasteiger partial charge in [0.2, 0.25) is 17.7 Å². The van der Waals surface area contributed by atoms with Gasteiger partial charge in [0.25, 0.3) is 0 Å². The fourth-order valence-electron chi connectivity index (χ4n) is 4.12. The van der Waals surface area contributed by atoms with Gasteiger partial charge in [-0.1, -0.05) is 50.2 Å². The summed E-state index contributed by atoms with van der Waals surface area (Å²) in [5.74, 6) is -1.11. The van der Waals surface area contributed by atoms with Crippen molar-refractivity contribution in [1.29, 1.82) is 0 Å². The molecule has 9 heteroatoms. The Hall–Kier alpha value is -3.30. The van der Waals surface area contributed by atoms with E-state index in [9.17, 15) is 14.4 Å². The van der Waals surface area contributed by atoms with E-state index in [1.54, 1.807) is 17.2 Å². The van der Waals surface area contributed by atoms with Crippen molar-refractivity contribution in [2.24, 2.45) is 11.8 Å². The Kier molecular flexibility index (Phi) is 10.4. The molecular formula is C27H34N4O4S. The first kappa shape index (κ1) is 27.3. The quantitative estimate of drug-likeness (QED) is 0.104. The first-order valence-electron chi connectivity index (χ1n) is 12.1. The third kappa shape index (κ3) is 8.13. The zero-order valence-electron chi connectivity index (χ0n) is 20.6. The normalized spacial score (nSPS) is 12.8. The molecule has 1 heterocycles. The minimum atomic E-state index is -0.815. The van der Waals surface area contributed by atoms with Gasteiger partial charge >= 0.3 is 0 Å². The van der Waals surface area contributed by atoms with E-state index in [0.717, 1.165) is 21.4 Å². The number of hydrogen-bond acceptors (Lipinski definition) is 5. The summed E-state index contributed by atoms with van der Waals surface area (Å²) in [7, 11) is 0. The maximum Gasteiger partial charge on any atom is 0.244 e. The number of fused-ring (bicyclic) bond motifs is 1. The lowest BCUT2D eigenvalue weighted by atomic mass is 9.92. The SMILES string of the molecule is CC(C)C[C@H](CC(=O)NO)C(=O)N[C@@H](Cc1c[nH]c2ccccc12)C(=O)NCCSc1ccccc1. The van der Waals surface area contributed by atoms with Crippen LogP contribution in [0.25, 0.3) is 10.9 Å². The second kappa shape index (κ2) is 13.7. The van der Waals surface area contributed by atoms with E-state index in [4.69, 9.17) is 5.21 Å². The van der Waals surface area contributed by atoms with E-state index in [1.807, 2.05) is 74.6 Å². The molecule has 0 aliphatic carbocycles. The molecule has 0 unspecified atom stereocenters. The molecule has 0 aliphatic heterocycles. The van der Waals surface area contributed by atoms with Crippen LogP contribution in [0.4, 0.5) is 0 Å². The average molecular weight is 511 g/mol. The molecule has 0 saturated heterocycles. The summed E-state index contributed by atoms with van der Waals surface area (Å²) in [6, 6.07) is 16.9. The van der Waals surface area contributed by atoms with Crippen LogP contribution in [0, 0.1) is 11.8 Å². The molecule has 2 aromatic carbocycles. The molecule has 0 fully saturated rings. The molecule has 192 valence electrons. The van der Waals surface area contributed by atoms with Gasteiger partial charge in [-0.05, 0) is 36.1 Å². The number of carbonyl (C=O) groups is 3. The molecule has 3 aromatic rings. The molecule has 5 N–H and O–H groups in total. The van der Waals surface area contributed by atoms with E-state index < -0.39 is 17.9 Å². The first-order valence-corrected chi connectivity index (χ1v) is 13.1. The van der Waals surface area contributed by atoms with E-state index >= 15 is 0 Å². The van der Waals surface area contributed by atoms with Gasteiger partial charge in [0.15, 0.2) is 0 Å². The second-order valence-corrected chi connectivity index (χ2v) is 10.3. The van der Waals surface area contributed by atoms with Crippen LogP contribution in [0.5, 0.6) is 0 Å². The van der Waals surface area contributed by atoms with Gasteiger partial charge in [-0.15, -0.1) is 11.8 Å². The van der Waals surface area contributed by atoms with Crippen LogP contribution in [0.3, 0.4) is 0 Å². The Morgan fingerprint density at radius 1 is 1.00 bits per heavy atom. The Morgan fingerprint density at radius 3 is 2.44 bits per heavy atom. The number of benzene rings is 2. The number of carbonyl (C=O) groups excluding carboxylic acids is 3. The Balaban J connectivity index is 1.71. The highest BCUT2D eigenvalue weighted by molar-refractivity contribution is 7.99. The minimum absolute atomic E-state index is 0.156. The standard InChI is InChI=1S/C27H34N4O4S/c1-18(2)14-19(16-25(32)31-35)26(33)30-24(15-20-17-29-23-11-7-6-10-22(20)23)27(34)28-12-13-36-21-8-4-3-5-9-21/h3-11,17-19,24,29,35H,12-16H2,1-2H3,(H,28,34)(H,30,33)(H,31,32)/t19-,24+/m1/s1. The van der Waals surface area contributed by atoms with Crippen molar-refractivity contribution in [3.8, 4) is 0 Å². The fraction of sp³-hybridized carbons (Fsp3) is 0.370. The van der Waals surface area contributed by atoms with Crippen molar-refractivity contribution in [2.75, 3.05) is 12.3 Å². The summed E-state index contributed by atoms with van der Waals surface area (Å²) in [5, 5.41) is 15.8. The predicted molar refractivity (Wildman–Crippen MR) is 142 cm³/mol. The highest BCUT2D eigenvalue weighted by Crippen LogP contribution is 2.21. The van der Waals surface area contributed by atoms with Crippen LogP contribution >= 0.6 is 11.8 Å². The van der Waals surface area contributed by atoms with Gasteiger partial charge in [-0.3, -0.25) is 19.6 Å². The lowest BCUT2D eigenvalue weighted by Crippen LogP contribution is -2.50. The van der Waals surface area contributed by atoms with Crippen LogP contribution in [-0.2, 0) is 20.8 Å². The number of hydrogen-bond donors (Lipinski definition) is 5. The topological polar surface area (TPSA) is 123 Å². The Bertz CT molecular complexity index is 1150. The Labute approximate surface area is 215 Å². The molecule has 3 amide bonds. The number of H-pyrrole nitrogens is 1. The molecule has 2 atom stereocenters. The van der Waals surface area contributed by atoms with Crippen LogP contribution < -0.4 is 16.1 Å². The minimum Gasteiger partial charge on any atom is -0.361 e. The van der Waals surface area contributed by atoms with Gasteiger partial charge in [0.1, 0.15) is 6.04 Å². The second-order valence-electron chi connectivity index (χ2n) is 9.14. The lowest BCUT2D eigenvalue weighted by molar-refractivity contribution is -0.136. The molecule has 8 nitrogen and oxygen atoms in total. The van der Waals surface area contributed by atoms with Crippen LogP contribution in [-0.4, -0.2) is 46.3 Å². The molecular weight excluding hydrogens is 476 g/mol. The fourth-order valence-corrected chi connectivity index (χ4v) is 4.91. The van der Waals surface area contributed by atoms with Crippen LogP contribution in [0.1, 0.15) is 32.3 Å². The maximum absolute atomic E-state index is 13.2. The van der Waals surface area contributed by atoms with E-state index in [-0.39, 0.29) is 24.2 Å². The molecule has 3 rings (SSSR count). The summed E-state index contributed by atoms with van der Waals surface area (Å²) < 4.78 is 0. The third-order valence-electron chi connectivity index (χ3n) is 5.83. The number of nitrogens with one attached hydrogen (secondary N) is 4. The zero-order chi connectivity index (χ0) is 25.9. The summed E-state index contributed by atoms with van der Waals surface area (Å²) >= 11 is 1.64. The van der Waals surface area contributed by atoms with Gasteiger partial charge in [0, 0.05) is 53.1 Å². The van der Waals surface area contributed by atoms with Crippen LogP contribution in [0.15, 0.2) is 65.7 Å². The summed E-state index contributed by atoms with van der Waals surface area (Å²) in [6.07, 6.45) is 2.45. The number of thioether (sulfide) groups is 1. The summed E-state index contributed by atoms with van der Waals surface area (Å²) in [5.41, 5.74) is 3.47. The van der Waals surface area contributed by atoms with Crippen molar-refractivity contribution in [1.82, 2.24) is 21.1 Å². The summed E-state index contributed by atoms with van der Waals surface area (Å²) in [4.78, 5) is 42.5. The van der Waals surface area contributed by atoms with Gasteiger partial charge in [-0.25, -0.2) is 5.48 Å². The average Bonchev–Trinajstić information content (AvgIpc) is 3.28. The van der Waals surface area contributed by atoms with Crippen molar-refractivity contribution >= 4 is 40.4 Å². The lowest BCUT2D eigenvalue weighted by Gasteiger charge is -2.23. The zero-order valence-corrected chi connectivity index (χ0v) is 21.4. The van der Waals surface area contributed by atoms with Crippen LogP contribution in [0.2, 0.25) is 0 Å². The summed E-state index contributed by atoms with van der Waals surface area (Å²) in [6.45, 7) is 4.36. The molecule has 1 aromatic heterocycles. The number of para-hydroxylation sites is 1. The molecule has 0 spiro atoms. The van der Waals surface area contributed by atoms with E-state index in [0.29, 0.717) is 25.1 Å². The number of aromatic nitrogens is 1. The number of hydroxylamine groups is 1. The van der Waals surface area contributed by atoms with Crippen molar-refractivity contribution < 1.29 is 19.6 Å². The third-order valence-corrected chi connectivity index (χ3v) is 6.84. The molecule has 0 aliphatic rings. The highest BCUT2D eigenvalue weighted by atomic mass is 32.2. The largest absolute Gasteiger partial charge is 0.361 e. The van der Waals surface area contributed by atoms with E-state index in [2.05, 4.69) is 15.6 Å². The van der Waals surface area contributed by atoms with Crippen molar-refractivity contribution in [3.05, 3.63) is 66.4 Å². The number of aromatic amines is 1. The first-order chi connectivity index (χ1) is 17.4. The van der Waals surface area contributed by atoms with E-state index in [1.165, 1.54) is 0 Å². The Morgan fingerprint density at radius 2 is 1.72 bits per heavy atom. The maximum atomic E-state index is 13.2. The van der Waals surface area contributed by atoms with Crippen molar-refractivity contribution in [2.45, 2.75) is 44.0 Å². The van der Waals surface area contributed by atoms with Gasteiger partial charge in [0.05, 0.1) is 0 Å². The molecule has 36 heavy (non-hydrogen) atoms. The van der Waals surface area contributed by atoms with Crippen molar-refractivity contribution in [3.63, 3.8) is 0 Å². The molecule has 0 saturated carbocycles. The number of amides is 3. The van der Waals surface area contributed by atoms with Gasteiger partial charge in [-0.2, -0.15) is 0 Å². The molecule has 0 radical (unpaired) electrons. The smallest absolute Gasteiger partial charge is 0.244 e. The monoisotopic (exact) mass is 510 g/mol. The number of rotatable bonds is 13. The predicted octanol–water partition coefficient (Wildman–Crippen LogP) is 3.66. The highest BCUT2D eigenvalue weighted by Gasteiger charge is 2.28.